The van der Waals surface area contributed by atoms with Gasteiger partial charge in [0.25, 0.3) is 0 Å². The second-order valence-corrected chi connectivity index (χ2v) is 11.6. The summed E-state index contributed by atoms with van der Waals surface area (Å²) >= 11 is 0. The van der Waals surface area contributed by atoms with Crippen molar-refractivity contribution < 1.29 is 28.3 Å². The lowest BCUT2D eigenvalue weighted by Gasteiger charge is -2.40. The number of fused-ring (bicyclic) bond motifs is 1. The Morgan fingerprint density at radius 1 is 1.11 bits per heavy atom. The van der Waals surface area contributed by atoms with E-state index in [1.165, 1.54) is 15.8 Å². The lowest BCUT2D eigenvalue weighted by Crippen LogP contribution is -2.54. The summed E-state index contributed by atoms with van der Waals surface area (Å²) in [7, 11) is 1.68. The van der Waals surface area contributed by atoms with Gasteiger partial charge >= 0.3 is 12.1 Å². The molecule has 0 bridgehead atoms. The number of unbranched alkanes of at least 4 members (excludes halogenated alkanes) is 1. The van der Waals surface area contributed by atoms with E-state index in [1.54, 1.807) is 45.0 Å². The molecule has 2 aromatic rings. The fraction of sp³-hybridized carbons (Fsp3) is 0.621. The molecule has 4 amide bonds. The van der Waals surface area contributed by atoms with Crippen LogP contribution in [-0.4, -0.2) is 101 Å². The average molecular weight is 616 g/mol. The van der Waals surface area contributed by atoms with Gasteiger partial charge in [0, 0.05) is 52.4 Å². The maximum atomic E-state index is 15.0. The zero-order valence-electron chi connectivity index (χ0n) is 25.8. The molecule has 2 atom stereocenters. The lowest BCUT2D eigenvalue weighted by atomic mass is 10.0. The molecule has 14 nitrogen and oxygen atoms in total. The molecule has 0 saturated carbocycles. The van der Waals surface area contributed by atoms with E-state index in [0.29, 0.717) is 49.2 Å². The van der Waals surface area contributed by atoms with Crippen LogP contribution < -0.4 is 20.9 Å². The van der Waals surface area contributed by atoms with Crippen LogP contribution in [0.15, 0.2) is 18.6 Å². The Labute approximate surface area is 256 Å². The molecule has 1 aliphatic heterocycles. The fourth-order valence-electron chi connectivity index (χ4n) is 4.81. The van der Waals surface area contributed by atoms with Crippen molar-refractivity contribution in [1.82, 2.24) is 35.4 Å². The Morgan fingerprint density at radius 2 is 1.82 bits per heavy atom. The molecule has 1 aliphatic rings. The van der Waals surface area contributed by atoms with Gasteiger partial charge in [0.2, 0.25) is 11.8 Å². The number of nitriles is 1. The highest BCUT2D eigenvalue weighted by molar-refractivity contribution is 5.95. The highest BCUT2D eigenvalue weighted by atomic mass is 19.1. The summed E-state index contributed by atoms with van der Waals surface area (Å²) in [4.78, 5) is 60.6. The van der Waals surface area contributed by atoms with Crippen LogP contribution in [0.5, 0.6) is 0 Å². The van der Waals surface area contributed by atoms with Crippen molar-refractivity contribution in [2.24, 2.45) is 0 Å². The van der Waals surface area contributed by atoms with E-state index >= 15 is 0 Å². The number of ether oxygens (including phenoxy) is 1. The van der Waals surface area contributed by atoms with E-state index in [0.717, 1.165) is 0 Å². The van der Waals surface area contributed by atoms with E-state index in [-0.39, 0.29) is 50.7 Å². The maximum Gasteiger partial charge on any atom is 0.407 e. The number of likely N-dealkylation sites (tertiary alicyclic amines) is 1. The Hall–Kier alpha value is -4.48. The van der Waals surface area contributed by atoms with Gasteiger partial charge < -0.3 is 30.5 Å². The molecule has 15 heteroatoms. The minimum absolute atomic E-state index is 0.115. The van der Waals surface area contributed by atoms with Gasteiger partial charge in [0.1, 0.15) is 30.3 Å². The van der Waals surface area contributed by atoms with Crippen LogP contribution in [0.1, 0.15) is 59.3 Å². The highest BCUT2D eigenvalue weighted by Crippen LogP contribution is 2.28. The zero-order chi connectivity index (χ0) is 32.3. The fourth-order valence-corrected chi connectivity index (χ4v) is 4.81. The number of anilines is 1. The number of nitrogens with one attached hydrogen (secondary N) is 3. The first-order valence-electron chi connectivity index (χ1n) is 14.8. The average Bonchev–Trinajstić information content (AvgIpc) is 3.40. The standard InChI is InChI=1S/C29H42FN9O5/c1-29(2,3)44-28(43)34-14-6-5-13-32-23(40)8-7-15-33-27(42)39-17-10-20-25(35-19-36-26(20)39)37(4)22-18-38(16-11-21(22)30)24(41)9-12-31/h10,17,19,21-22H,5-9,11,13-16,18H2,1-4H3,(H,32,40)(H,33,42)(H,34,43)/t21-,22?/m1/s1. The SMILES string of the molecule is CN(c1ncnc2c1ccn2C(=O)NCCCC(=O)NCCCCNC(=O)OC(C)(C)C)C1CN(C(=O)CC#N)CC[C@H]1F. The number of carbonyl (C=O) groups is 4. The summed E-state index contributed by atoms with van der Waals surface area (Å²) in [5, 5.41) is 17.7. The summed E-state index contributed by atoms with van der Waals surface area (Å²) in [6.07, 6.45) is 3.11. The first-order chi connectivity index (χ1) is 20.9. The molecular weight excluding hydrogens is 573 g/mol. The predicted molar refractivity (Wildman–Crippen MR) is 161 cm³/mol. The minimum Gasteiger partial charge on any atom is -0.444 e. The van der Waals surface area contributed by atoms with Crippen LogP contribution in [0.3, 0.4) is 0 Å². The van der Waals surface area contributed by atoms with Crippen molar-refractivity contribution >= 4 is 40.8 Å². The molecule has 3 rings (SSSR count). The molecule has 1 fully saturated rings. The monoisotopic (exact) mass is 615 g/mol. The van der Waals surface area contributed by atoms with Crippen LogP contribution in [0, 0.1) is 11.3 Å². The number of alkyl carbamates (subject to hydrolysis) is 1. The number of amides is 4. The van der Waals surface area contributed by atoms with Crippen molar-refractivity contribution in [3.8, 4) is 6.07 Å². The molecule has 2 aromatic heterocycles. The van der Waals surface area contributed by atoms with Gasteiger partial charge in [-0.3, -0.25) is 14.2 Å². The Kier molecular flexibility index (Phi) is 12.2. The van der Waals surface area contributed by atoms with Crippen molar-refractivity contribution in [1.29, 1.82) is 5.26 Å². The van der Waals surface area contributed by atoms with Gasteiger partial charge in [-0.2, -0.15) is 5.26 Å². The number of halogens is 1. The molecule has 44 heavy (non-hydrogen) atoms. The molecule has 0 aromatic carbocycles. The second-order valence-electron chi connectivity index (χ2n) is 11.6. The van der Waals surface area contributed by atoms with Crippen molar-refractivity contribution in [2.45, 2.75) is 77.1 Å². The third kappa shape index (κ3) is 9.78. The predicted octanol–water partition coefficient (Wildman–Crippen LogP) is 2.48. The maximum absolute atomic E-state index is 15.0. The topological polar surface area (TPSA) is 175 Å². The number of alkyl halides is 1. The third-order valence-corrected chi connectivity index (χ3v) is 7.04. The van der Waals surface area contributed by atoms with Gasteiger partial charge in [-0.05, 0) is 52.5 Å². The molecule has 3 heterocycles. The summed E-state index contributed by atoms with van der Waals surface area (Å²) in [5.41, 5.74) is -0.215. The lowest BCUT2D eigenvalue weighted by molar-refractivity contribution is -0.132. The van der Waals surface area contributed by atoms with Crippen molar-refractivity contribution in [3.63, 3.8) is 0 Å². The number of likely N-dealkylation sites (N-methyl/N-ethyl adjacent to an activating group) is 1. The molecule has 0 aliphatic carbocycles. The molecule has 240 valence electrons. The van der Waals surface area contributed by atoms with Crippen molar-refractivity contribution in [2.75, 3.05) is 44.7 Å². The van der Waals surface area contributed by atoms with E-state index in [4.69, 9.17) is 10.00 Å². The van der Waals surface area contributed by atoms with E-state index in [2.05, 4.69) is 25.9 Å². The summed E-state index contributed by atoms with van der Waals surface area (Å²) < 4.78 is 21.5. The van der Waals surface area contributed by atoms with Gasteiger partial charge in [0.15, 0.2) is 5.65 Å². The van der Waals surface area contributed by atoms with E-state index in [1.807, 2.05) is 6.07 Å². The number of hydrogen-bond acceptors (Lipinski definition) is 9. The zero-order valence-corrected chi connectivity index (χ0v) is 25.8. The molecule has 0 radical (unpaired) electrons. The number of hydrogen-bond donors (Lipinski definition) is 3. The second kappa shape index (κ2) is 15.8. The quantitative estimate of drug-likeness (QED) is 0.303. The van der Waals surface area contributed by atoms with E-state index < -0.39 is 29.9 Å². The summed E-state index contributed by atoms with van der Waals surface area (Å²) in [6, 6.07) is 2.40. The number of piperidine rings is 1. The molecule has 1 saturated heterocycles. The largest absolute Gasteiger partial charge is 0.444 e. The Morgan fingerprint density at radius 3 is 2.52 bits per heavy atom. The van der Waals surface area contributed by atoms with Gasteiger partial charge in [0.05, 0.1) is 17.5 Å². The first kappa shape index (κ1) is 34.0. The summed E-state index contributed by atoms with van der Waals surface area (Å²) in [6.45, 7) is 6.94. The smallest absolute Gasteiger partial charge is 0.407 e. The first-order valence-corrected chi connectivity index (χ1v) is 14.8. The Bertz CT molecular complexity index is 1350. The number of aromatic nitrogens is 3. The normalized spacial score (nSPS) is 16.6. The molecular formula is C29H42FN9O5. The number of rotatable bonds is 12. The molecule has 3 N–H and O–H groups in total. The Balaban J connectivity index is 1.43. The van der Waals surface area contributed by atoms with E-state index in [9.17, 15) is 23.6 Å². The van der Waals surface area contributed by atoms with Crippen molar-refractivity contribution in [3.05, 3.63) is 18.6 Å². The van der Waals surface area contributed by atoms with Gasteiger partial charge in [-0.25, -0.2) is 23.9 Å². The van der Waals surface area contributed by atoms with Gasteiger partial charge in [-0.15, -0.1) is 0 Å². The molecule has 0 spiro atoms. The summed E-state index contributed by atoms with van der Waals surface area (Å²) in [5.74, 6) is -0.0512. The van der Waals surface area contributed by atoms with Crippen LogP contribution in [0.4, 0.5) is 19.8 Å². The third-order valence-electron chi connectivity index (χ3n) is 7.04. The van der Waals surface area contributed by atoms with Crippen LogP contribution in [0.2, 0.25) is 0 Å². The highest BCUT2D eigenvalue weighted by Gasteiger charge is 2.35. The van der Waals surface area contributed by atoms with Crippen LogP contribution >= 0.6 is 0 Å². The molecule has 1 unspecified atom stereocenters. The number of carbonyl (C=O) groups excluding carboxylic acids is 4. The van der Waals surface area contributed by atoms with Gasteiger partial charge in [-0.1, -0.05) is 0 Å². The van der Waals surface area contributed by atoms with Crippen LogP contribution in [0.25, 0.3) is 11.0 Å². The number of nitrogens with zero attached hydrogens (tertiary/aromatic N) is 6. The van der Waals surface area contributed by atoms with Crippen LogP contribution in [-0.2, 0) is 14.3 Å². The minimum atomic E-state index is -1.21.